The first-order chi connectivity index (χ1) is 12.6. The Morgan fingerprint density at radius 3 is 2.58 bits per heavy atom. The Morgan fingerprint density at radius 2 is 1.85 bits per heavy atom. The molecule has 1 aromatic heterocycles. The molecule has 0 aliphatic carbocycles. The van der Waals surface area contributed by atoms with Crippen LogP contribution in [0, 0.1) is 5.21 Å². The monoisotopic (exact) mass is 351 g/mol. The maximum atomic E-state index is 12.6. The van der Waals surface area contributed by atoms with E-state index in [1.807, 2.05) is 30.3 Å². The molecule has 0 aliphatic rings. The minimum atomic E-state index is -0.915. The predicted molar refractivity (Wildman–Crippen MR) is 94.1 cm³/mol. The Labute approximate surface area is 149 Å². The number of fused-ring (bicyclic) bond motifs is 1. The fourth-order valence-electron chi connectivity index (χ4n) is 2.63. The van der Waals surface area contributed by atoms with E-state index in [2.05, 4.69) is 10.3 Å². The van der Waals surface area contributed by atoms with E-state index in [0.717, 1.165) is 5.56 Å². The van der Waals surface area contributed by atoms with Gasteiger partial charge in [-0.1, -0.05) is 42.5 Å². The molecular formula is C19H17N3O4. The maximum absolute atomic E-state index is 12.6. The second-order valence-corrected chi connectivity index (χ2v) is 5.67. The zero-order valence-corrected chi connectivity index (χ0v) is 14.1. The van der Waals surface area contributed by atoms with Crippen LogP contribution in [0.15, 0.2) is 60.8 Å². The molecule has 132 valence electrons. The summed E-state index contributed by atoms with van der Waals surface area (Å²) in [5, 5.41) is 15.0. The molecule has 1 N–H and O–H groups in total. The summed E-state index contributed by atoms with van der Waals surface area (Å²) in [5.74, 6) is -1.28. The number of benzene rings is 2. The highest BCUT2D eigenvalue weighted by atomic mass is 16.5. The zero-order valence-electron chi connectivity index (χ0n) is 14.1. The van der Waals surface area contributed by atoms with Crippen molar-refractivity contribution in [3.8, 4) is 0 Å². The molecule has 2 aromatic carbocycles. The molecule has 7 nitrogen and oxygen atoms in total. The smallest absolute Gasteiger partial charge is 0.328 e. The zero-order chi connectivity index (χ0) is 18.5. The van der Waals surface area contributed by atoms with E-state index in [4.69, 9.17) is 4.74 Å². The Kier molecular flexibility index (Phi) is 5.07. The lowest BCUT2D eigenvalue weighted by atomic mass is 10.1. The molecule has 0 saturated heterocycles. The number of amides is 1. The summed E-state index contributed by atoms with van der Waals surface area (Å²) >= 11 is 0. The van der Waals surface area contributed by atoms with Crippen molar-refractivity contribution in [3.05, 3.63) is 77.3 Å². The van der Waals surface area contributed by atoms with Crippen molar-refractivity contribution in [3.63, 3.8) is 0 Å². The van der Waals surface area contributed by atoms with Crippen molar-refractivity contribution in [1.82, 2.24) is 10.3 Å². The summed E-state index contributed by atoms with van der Waals surface area (Å²) in [5.41, 5.74) is 1.42. The number of hydrogen-bond acceptors (Lipinski definition) is 5. The van der Waals surface area contributed by atoms with Crippen LogP contribution in [0.4, 0.5) is 0 Å². The van der Waals surface area contributed by atoms with Gasteiger partial charge in [0.05, 0.1) is 7.11 Å². The van der Waals surface area contributed by atoms with Crippen molar-refractivity contribution < 1.29 is 19.1 Å². The van der Waals surface area contributed by atoms with Crippen LogP contribution < -0.4 is 10.0 Å². The molecule has 1 unspecified atom stereocenters. The van der Waals surface area contributed by atoms with Gasteiger partial charge in [-0.05, 0) is 11.6 Å². The van der Waals surface area contributed by atoms with Gasteiger partial charge in [0, 0.05) is 12.5 Å². The van der Waals surface area contributed by atoms with E-state index >= 15 is 0 Å². The van der Waals surface area contributed by atoms with Crippen LogP contribution in [-0.2, 0) is 16.0 Å². The molecule has 0 radical (unpaired) electrons. The first-order valence-electron chi connectivity index (χ1n) is 8.00. The highest BCUT2D eigenvalue weighted by Crippen LogP contribution is 2.08. The van der Waals surface area contributed by atoms with E-state index < -0.39 is 17.9 Å². The van der Waals surface area contributed by atoms with E-state index in [1.165, 1.54) is 13.3 Å². The lowest BCUT2D eigenvalue weighted by Crippen LogP contribution is -2.47. The Morgan fingerprint density at radius 1 is 1.15 bits per heavy atom. The van der Waals surface area contributed by atoms with Gasteiger partial charge in [0.1, 0.15) is 17.8 Å². The summed E-state index contributed by atoms with van der Waals surface area (Å²) in [4.78, 5) is 28.7. The van der Waals surface area contributed by atoms with Crippen LogP contribution in [0.2, 0.25) is 0 Å². The van der Waals surface area contributed by atoms with Crippen molar-refractivity contribution in [1.29, 1.82) is 0 Å². The van der Waals surface area contributed by atoms with E-state index in [9.17, 15) is 14.8 Å². The number of rotatable bonds is 5. The standard InChI is InChI=1S/C19H17N3O4/c1-26-19(24)15(11-13-7-3-2-4-8-13)21-18(23)17-12-20-14-9-5-6-10-16(14)22(17)25/h2-10,12,15H,11H2,1H3,(H,21,23). The lowest BCUT2D eigenvalue weighted by Gasteiger charge is -2.16. The normalized spacial score (nSPS) is 11.7. The average Bonchev–Trinajstić information content (AvgIpc) is 2.68. The highest BCUT2D eigenvalue weighted by molar-refractivity contribution is 5.94. The number of ether oxygens (including phenoxy) is 1. The van der Waals surface area contributed by atoms with Crippen molar-refractivity contribution in [2.45, 2.75) is 12.5 Å². The number of methoxy groups -OCH3 is 1. The number of para-hydroxylation sites is 2. The number of carbonyl (C=O) groups excluding carboxylic acids is 2. The van der Waals surface area contributed by atoms with Gasteiger partial charge in [0.15, 0.2) is 0 Å². The summed E-state index contributed by atoms with van der Waals surface area (Å²) in [6.45, 7) is 0. The topological polar surface area (TPSA) is 95.2 Å². The van der Waals surface area contributed by atoms with Crippen LogP contribution in [-0.4, -0.2) is 30.0 Å². The number of hydrogen-bond donors (Lipinski definition) is 1. The van der Waals surface area contributed by atoms with Crippen molar-refractivity contribution >= 4 is 22.9 Å². The molecule has 3 aromatic rings. The first-order valence-corrected chi connectivity index (χ1v) is 8.00. The lowest BCUT2D eigenvalue weighted by molar-refractivity contribution is -0.580. The molecule has 1 amide bonds. The molecule has 1 atom stereocenters. The third kappa shape index (κ3) is 3.61. The fraction of sp³-hybridized carbons (Fsp3) is 0.158. The number of nitrogens with zero attached hydrogens (tertiary/aromatic N) is 2. The summed E-state index contributed by atoms with van der Waals surface area (Å²) in [7, 11) is 1.25. The molecular weight excluding hydrogens is 334 g/mol. The van der Waals surface area contributed by atoms with Gasteiger partial charge in [0.25, 0.3) is 0 Å². The largest absolute Gasteiger partial charge is 0.618 e. The molecule has 0 saturated carbocycles. The second-order valence-electron chi connectivity index (χ2n) is 5.67. The fourth-order valence-corrected chi connectivity index (χ4v) is 2.63. The summed E-state index contributed by atoms with van der Waals surface area (Å²) in [6.07, 6.45) is 1.45. The van der Waals surface area contributed by atoms with E-state index in [0.29, 0.717) is 10.2 Å². The van der Waals surface area contributed by atoms with E-state index in [1.54, 1.807) is 24.3 Å². The SMILES string of the molecule is COC(=O)C(Cc1ccccc1)NC(=O)c1cnc2ccccc2[n+]1[O-]. The van der Waals surface area contributed by atoms with Gasteiger partial charge in [-0.2, -0.15) is 4.73 Å². The van der Waals surface area contributed by atoms with Crippen molar-refractivity contribution in [2.24, 2.45) is 0 Å². The number of nitrogens with one attached hydrogen (secondary N) is 1. The number of esters is 1. The predicted octanol–water partition coefficient (Wildman–Crippen LogP) is 1.38. The van der Waals surface area contributed by atoms with Crippen molar-refractivity contribution in [2.75, 3.05) is 7.11 Å². The van der Waals surface area contributed by atoms with Crippen LogP contribution in [0.3, 0.4) is 0 Å². The number of carbonyl (C=O) groups is 2. The molecule has 0 spiro atoms. The number of aromatic nitrogens is 2. The van der Waals surface area contributed by atoms with E-state index in [-0.39, 0.29) is 17.6 Å². The Hall–Kier alpha value is -3.48. The molecule has 0 aliphatic heterocycles. The Balaban J connectivity index is 1.86. The second kappa shape index (κ2) is 7.60. The third-order valence-electron chi connectivity index (χ3n) is 3.95. The van der Waals surface area contributed by atoms with Gasteiger partial charge < -0.3 is 15.3 Å². The van der Waals surface area contributed by atoms with Crippen LogP contribution >= 0.6 is 0 Å². The van der Waals surface area contributed by atoms with Gasteiger partial charge >= 0.3 is 17.6 Å². The maximum Gasteiger partial charge on any atom is 0.328 e. The van der Waals surface area contributed by atoms with Gasteiger partial charge in [-0.15, -0.1) is 0 Å². The third-order valence-corrected chi connectivity index (χ3v) is 3.95. The quantitative estimate of drug-likeness (QED) is 0.426. The van der Waals surface area contributed by atoms with Crippen LogP contribution in [0.25, 0.3) is 11.0 Å². The molecule has 3 rings (SSSR count). The minimum Gasteiger partial charge on any atom is -0.618 e. The molecule has 0 bridgehead atoms. The molecule has 1 heterocycles. The summed E-state index contributed by atoms with van der Waals surface area (Å²) in [6, 6.07) is 15.0. The van der Waals surface area contributed by atoms with Gasteiger partial charge in [0.2, 0.25) is 5.52 Å². The average molecular weight is 351 g/mol. The highest BCUT2D eigenvalue weighted by Gasteiger charge is 2.27. The molecule has 0 fully saturated rings. The summed E-state index contributed by atoms with van der Waals surface area (Å²) < 4.78 is 5.28. The van der Waals surface area contributed by atoms with Gasteiger partial charge in [-0.3, -0.25) is 4.79 Å². The molecule has 26 heavy (non-hydrogen) atoms. The van der Waals surface area contributed by atoms with Crippen LogP contribution in [0.5, 0.6) is 0 Å². The first kappa shape index (κ1) is 17.3. The van der Waals surface area contributed by atoms with Crippen LogP contribution in [0.1, 0.15) is 16.1 Å². The Bertz CT molecular complexity index is 944. The minimum absolute atomic E-state index is 0.189. The van der Waals surface area contributed by atoms with Gasteiger partial charge in [-0.25, -0.2) is 9.78 Å². The molecule has 7 heteroatoms.